The first-order valence-electron chi connectivity index (χ1n) is 9.78. The molecule has 0 spiro atoms. The fourth-order valence-corrected chi connectivity index (χ4v) is 3.67. The van der Waals surface area contributed by atoms with Crippen LogP contribution < -0.4 is 14.8 Å². The number of nitrogens with one attached hydrogen (secondary N) is 1. The minimum Gasteiger partial charge on any atom is -0.490 e. The highest BCUT2D eigenvalue weighted by molar-refractivity contribution is 9.10. The van der Waals surface area contributed by atoms with E-state index in [9.17, 15) is 9.90 Å². The van der Waals surface area contributed by atoms with Crippen LogP contribution in [0.2, 0.25) is 5.02 Å². The summed E-state index contributed by atoms with van der Waals surface area (Å²) < 4.78 is 12.6. The van der Waals surface area contributed by atoms with Crippen molar-refractivity contribution in [3.05, 3.63) is 86.3 Å². The molecule has 3 aromatic rings. The quantitative estimate of drug-likeness (QED) is 0.339. The van der Waals surface area contributed by atoms with Gasteiger partial charge in [-0.1, -0.05) is 45.7 Å². The molecule has 0 aliphatic heterocycles. The fourth-order valence-electron chi connectivity index (χ4n) is 3.08. The van der Waals surface area contributed by atoms with Crippen molar-refractivity contribution >= 4 is 39.2 Å². The van der Waals surface area contributed by atoms with Crippen molar-refractivity contribution in [3.63, 3.8) is 0 Å². The highest BCUT2D eigenvalue weighted by atomic mass is 79.9. The number of carbonyl (C=O) groups is 1. The Kier molecular flexibility index (Phi) is 7.82. The lowest BCUT2D eigenvalue weighted by molar-refractivity contribution is 0.0696. The van der Waals surface area contributed by atoms with Crippen molar-refractivity contribution in [2.45, 2.75) is 27.0 Å². The third kappa shape index (κ3) is 5.93. The van der Waals surface area contributed by atoms with Gasteiger partial charge in [-0.05, 0) is 66.9 Å². The maximum absolute atomic E-state index is 11.4. The van der Waals surface area contributed by atoms with E-state index < -0.39 is 5.97 Å². The second-order valence-electron chi connectivity index (χ2n) is 6.88. The van der Waals surface area contributed by atoms with Gasteiger partial charge < -0.3 is 19.9 Å². The maximum atomic E-state index is 11.4. The molecule has 0 aliphatic rings. The smallest absolute Gasteiger partial charge is 0.336 e. The van der Waals surface area contributed by atoms with Crippen LogP contribution in [0, 0.1) is 6.92 Å². The van der Waals surface area contributed by atoms with Crippen LogP contribution in [0.25, 0.3) is 0 Å². The first kappa shape index (κ1) is 23.0. The molecule has 0 aromatic heterocycles. The van der Waals surface area contributed by atoms with Crippen LogP contribution in [0.15, 0.2) is 59.1 Å². The third-order valence-corrected chi connectivity index (χ3v) is 5.74. The van der Waals surface area contributed by atoms with Crippen LogP contribution in [0.4, 0.5) is 5.69 Å². The predicted molar refractivity (Wildman–Crippen MR) is 127 cm³/mol. The summed E-state index contributed by atoms with van der Waals surface area (Å²) in [5, 5.41) is 13.3. The van der Waals surface area contributed by atoms with Crippen molar-refractivity contribution in [2.75, 3.05) is 11.9 Å². The molecule has 5 nitrogen and oxygen atoms in total. The number of carboxylic acid groups (broad SMARTS) is 1. The number of aromatic carboxylic acids is 1. The molecule has 0 radical (unpaired) electrons. The second kappa shape index (κ2) is 10.6. The summed E-state index contributed by atoms with van der Waals surface area (Å²) in [6, 6.07) is 16.5. The molecular weight excluding hydrogens is 482 g/mol. The van der Waals surface area contributed by atoms with Gasteiger partial charge in [-0.2, -0.15) is 0 Å². The Morgan fingerprint density at radius 1 is 1.10 bits per heavy atom. The van der Waals surface area contributed by atoms with Crippen LogP contribution in [0.3, 0.4) is 0 Å². The fraction of sp³-hybridized carbons (Fsp3) is 0.208. The van der Waals surface area contributed by atoms with Gasteiger partial charge in [0.1, 0.15) is 6.61 Å². The van der Waals surface area contributed by atoms with E-state index in [0.717, 1.165) is 21.3 Å². The molecule has 0 saturated carbocycles. The van der Waals surface area contributed by atoms with Crippen molar-refractivity contribution in [3.8, 4) is 11.5 Å². The van der Waals surface area contributed by atoms with E-state index in [1.54, 1.807) is 19.1 Å². The lowest BCUT2D eigenvalue weighted by Gasteiger charge is -2.17. The standard InChI is InChI=1S/C24H23BrClNO4/c1-3-30-22-11-17(13-27-21-6-4-5-19(15(21)2)24(28)29)20(25)12-23(22)31-14-16-7-9-18(26)10-8-16/h4-12,27H,3,13-14H2,1-2H3,(H,28,29). The third-order valence-electron chi connectivity index (χ3n) is 4.75. The number of benzene rings is 3. The Bertz CT molecular complexity index is 1070. The van der Waals surface area contributed by atoms with Crippen LogP contribution in [-0.4, -0.2) is 17.7 Å². The Labute approximate surface area is 195 Å². The van der Waals surface area contributed by atoms with E-state index in [1.807, 2.05) is 49.4 Å². The zero-order valence-electron chi connectivity index (χ0n) is 17.2. The molecule has 0 amide bonds. The maximum Gasteiger partial charge on any atom is 0.336 e. The van der Waals surface area contributed by atoms with Crippen LogP contribution in [-0.2, 0) is 13.2 Å². The number of hydrogen-bond acceptors (Lipinski definition) is 4. The zero-order chi connectivity index (χ0) is 22.4. The Morgan fingerprint density at radius 2 is 1.81 bits per heavy atom. The molecule has 3 rings (SSSR count). The predicted octanol–water partition coefficient (Wildman–Crippen LogP) is 6.70. The molecule has 31 heavy (non-hydrogen) atoms. The first-order valence-corrected chi connectivity index (χ1v) is 11.0. The molecule has 0 heterocycles. The lowest BCUT2D eigenvalue weighted by Crippen LogP contribution is -2.07. The van der Waals surface area contributed by atoms with E-state index in [0.29, 0.717) is 41.8 Å². The van der Waals surface area contributed by atoms with Gasteiger partial charge in [-0.3, -0.25) is 0 Å². The molecule has 0 fully saturated rings. The molecule has 0 saturated heterocycles. The van der Waals surface area contributed by atoms with Gasteiger partial charge in [0.2, 0.25) is 0 Å². The molecule has 7 heteroatoms. The monoisotopic (exact) mass is 503 g/mol. The first-order chi connectivity index (χ1) is 14.9. The van der Waals surface area contributed by atoms with E-state index in [1.165, 1.54) is 0 Å². The van der Waals surface area contributed by atoms with Crippen molar-refractivity contribution < 1.29 is 19.4 Å². The molecule has 3 aromatic carbocycles. The van der Waals surface area contributed by atoms with Crippen LogP contribution >= 0.6 is 27.5 Å². The molecular formula is C24H23BrClNO4. The normalized spacial score (nSPS) is 10.6. The average molecular weight is 505 g/mol. The van der Waals surface area contributed by atoms with Crippen LogP contribution in [0.5, 0.6) is 11.5 Å². The zero-order valence-corrected chi connectivity index (χ0v) is 19.6. The number of hydrogen-bond donors (Lipinski definition) is 2. The Balaban J connectivity index is 1.77. The van der Waals surface area contributed by atoms with Crippen LogP contribution in [0.1, 0.15) is 34.0 Å². The van der Waals surface area contributed by atoms with E-state index >= 15 is 0 Å². The minimum absolute atomic E-state index is 0.282. The summed E-state index contributed by atoms with van der Waals surface area (Å²) in [7, 11) is 0. The topological polar surface area (TPSA) is 67.8 Å². The summed E-state index contributed by atoms with van der Waals surface area (Å²) in [4.78, 5) is 11.4. The number of carboxylic acids is 1. The van der Waals surface area contributed by atoms with Crippen molar-refractivity contribution in [1.29, 1.82) is 0 Å². The van der Waals surface area contributed by atoms with Gasteiger partial charge in [0.15, 0.2) is 11.5 Å². The minimum atomic E-state index is -0.942. The second-order valence-corrected chi connectivity index (χ2v) is 8.17. The average Bonchev–Trinajstić information content (AvgIpc) is 2.74. The molecule has 0 aliphatic carbocycles. The highest BCUT2D eigenvalue weighted by Crippen LogP contribution is 2.35. The number of anilines is 1. The molecule has 0 bridgehead atoms. The number of rotatable bonds is 9. The number of halogens is 2. The Morgan fingerprint density at radius 3 is 2.48 bits per heavy atom. The van der Waals surface area contributed by atoms with Gasteiger partial charge >= 0.3 is 5.97 Å². The summed E-state index contributed by atoms with van der Waals surface area (Å²) >= 11 is 9.55. The molecule has 0 unspecified atom stereocenters. The van der Waals surface area contributed by atoms with Gasteiger partial charge in [0.05, 0.1) is 12.2 Å². The molecule has 2 N–H and O–H groups in total. The summed E-state index contributed by atoms with van der Waals surface area (Å²) in [5.74, 6) is 0.340. The Hall–Kier alpha value is -2.70. The van der Waals surface area contributed by atoms with E-state index in [2.05, 4.69) is 21.2 Å². The van der Waals surface area contributed by atoms with Gasteiger partial charge in [-0.25, -0.2) is 4.79 Å². The van der Waals surface area contributed by atoms with E-state index in [4.69, 9.17) is 21.1 Å². The highest BCUT2D eigenvalue weighted by Gasteiger charge is 2.13. The summed E-state index contributed by atoms with van der Waals surface area (Å²) in [5.41, 5.74) is 3.71. The molecule has 0 atom stereocenters. The van der Waals surface area contributed by atoms with Gasteiger partial charge in [-0.15, -0.1) is 0 Å². The number of ether oxygens (including phenoxy) is 2. The SMILES string of the molecule is CCOc1cc(CNc2cccc(C(=O)O)c2C)c(Br)cc1OCc1ccc(Cl)cc1. The largest absolute Gasteiger partial charge is 0.490 e. The van der Waals surface area contributed by atoms with Crippen molar-refractivity contribution in [2.24, 2.45) is 0 Å². The van der Waals surface area contributed by atoms with Gasteiger partial charge in [0.25, 0.3) is 0 Å². The molecule has 162 valence electrons. The van der Waals surface area contributed by atoms with E-state index in [-0.39, 0.29) is 5.56 Å². The van der Waals surface area contributed by atoms with Crippen molar-refractivity contribution in [1.82, 2.24) is 0 Å². The summed E-state index contributed by atoms with van der Waals surface area (Å²) in [6.45, 7) is 5.10. The van der Waals surface area contributed by atoms with Gasteiger partial charge in [0, 0.05) is 21.7 Å². The summed E-state index contributed by atoms with van der Waals surface area (Å²) in [6.07, 6.45) is 0. The lowest BCUT2D eigenvalue weighted by atomic mass is 10.1.